The Morgan fingerprint density at radius 2 is 1.24 bits per heavy atom. The summed E-state index contributed by atoms with van der Waals surface area (Å²) in [4.78, 5) is 0. The van der Waals surface area contributed by atoms with Crippen molar-refractivity contribution in [3.63, 3.8) is 0 Å². The molecule has 6 nitrogen and oxygen atoms in total. The molecule has 1 saturated heterocycles. The van der Waals surface area contributed by atoms with Gasteiger partial charge in [0.15, 0.2) is 16.6 Å². The highest BCUT2D eigenvalue weighted by atomic mass is 28.4. The van der Waals surface area contributed by atoms with Gasteiger partial charge >= 0.3 is 0 Å². The highest BCUT2D eigenvalue weighted by Gasteiger charge is 2.29. The minimum Gasteiger partial charge on any atom is -0.491 e. The summed E-state index contributed by atoms with van der Waals surface area (Å²) in [6, 6.07) is 20.4. The monoisotopic (exact) mass is 624 g/mol. The van der Waals surface area contributed by atoms with Gasteiger partial charge in [-0.15, -0.1) is 0 Å². The summed E-state index contributed by atoms with van der Waals surface area (Å²) in [5.41, 5.74) is 0. The normalized spacial score (nSPS) is 14.1. The molecule has 0 spiro atoms. The zero-order chi connectivity index (χ0) is 32.3. The van der Waals surface area contributed by atoms with Gasteiger partial charge in [-0.05, 0) is 69.5 Å². The van der Waals surface area contributed by atoms with E-state index in [1.165, 1.54) is 12.8 Å². The van der Waals surface area contributed by atoms with Gasteiger partial charge in [0.25, 0.3) is 0 Å². The van der Waals surface area contributed by atoms with Gasteiger partial charge in [0.1, 0.15) is 36.9 Å². The van der Waals surface area contributed by atoms with Crippen molar-refractivity contribution in [1.82, 2.24) is 0 Å². The van der Waals surface area contributed by atoms with Crippen LogP contribution in [0.25, 0.3) is 0 Å². The maximum Gasteiger partial charge on any atom is 0.173 e. The Morgan fingerprint density at radius 3 is 1.67 bits per heavy atom. The van der Waals surface area contributed by atoms with E-state index >= 15 is 0 Å². The van der Waals surface area contributed by atoms with Gasteiger partial charge in [-0.3, -0.25) is 0 Å². The van der Waals surface area contributed by atoms with Crippen LogP contribution in [0, 0.1) is 0 Å². The average Bonchev–Trinajstić information content (AvgIpc) is 3.78. The van der Waals surface area contributed by atoms with Gasteiger partial charge in [0, 0.05) is 6.61 Å². The lowest BCUT2D eigenvalue weighted by molar-refractivity contribution is 0.0122. The molecule has 0 aromatic heterocycles. The number of hydrogen-bond donors (Lipinski definition) is 1. The van der Waals surface area contributed by atoms with Crippen molar-refractivity contribution in [3.8, 4) is 11.5 Å². The number of epoxide rings is 1. The van der Waals surface area contributed by atoms with E-state index in [4.69, 9.17) is 23.1 Å². The van der Waals surface area contributed by atoms with E-state index in [0.29, 0.717) is 25.9 Å². The summed E-state index contributed by atoms with van der Waals surface area (Å²) in [6.07, 6.45) is 3.23. The van der Waals surface area contributed by atoms with Crippen LogP contribution < -0.4 is 9.47 Å². The minimum absolute atomic E-state index is 0.253. The molecule has 3 rings (SSSR count). The average molecular weight is 625 g/mol. The van der Waals surface area contributed by atoms with Gasteiger partial charge in [0.2, 0.25) is 0 Å². The van der Waals surface area contributed by atoms with Crippen molar-refractivity contribution in [3.05, 3.63) is 60.7 Å². The fraction of sp³-hybridized carbons (Fsp3) is 0.647. The molecule has 2 aromatic carbocycles. The highest BCUT2D eigenvalue weighted by molar-refractivity contribution is 6.84. The molecule has 1 fully saturated rings. The molecule has 1 aliphatic rings. The Bertz CT molecular complexity index is 810. The van der Waals surface area contributed by atoms with Crippen LogP contribution in [0.1, 0.15) is 60.8 Å². The van der Waals surface area contributed by atoms with Crippen LogP contribution in [0.15, 0.2) is 60.7 Å². The van der Waals surface area contributed by atoms with E-state index in [2.05, 4.69) is 60.4 Å². The summed E-state index contributed by atoms with van der Waals surface area (Å²) in [7, 11) is -3.04. The number of benzene rings is 2. The fourth-order valence-electron chi connectivity index (χ4n) is 3.33. The summed E-state index contributed by atoms with van der Waals surface area (Å²) in [5.74, 6) is 1.69. The van der Waals surface area contributed by atoms with E-state index in [1.54, 1.807) is 0 Å². The Labute approximate surface area is 261 Å². The smallest absolute Gasteiger partial charge is 0.173 e. The van der Waals surface area contributed by atoms with Crippen molar-refractivity contribution < 1.29 is 28.2 Å². The van der Waals surface area contributed by atoms with E-state index < -0.39 is 22.7 Å². The lowest BCUT2D eigenvalue weighted by Gasteiger charge is -2.31. The predicted molar refractivity (Wildman–Crippen MR) is 185 cm³/mol. The molecule has 1 heterocycles. The van der Waals surface area contributed by atoms with E-state index in [9.17, 15) is 5.11 Å². The predicted octanol–water partition coefficient (Wildman–Crippen LogP) is 9.21. The number of ether oxygens (including phenoxy) is 4. The van der Waals surface area contributed by atoms with Gasteiger partial charge in [-0.1, -0.05) is 90.8 Å². The molecule has 244 valence electrons. The van der Waals surface area contributed by atoms with Crippen molar-refractivity contribution in [2.75, 3.05) is 33.0 Å². The quantitative estimate of drug-likeness (QED) is 0.128. The number of rotatable bonds is 14. The van der Waals surface area contributed by atoms with Gasteiger partial charge in [-0.2, -0.15) is 0 Å². The molecular formula is C34H64O6Si2. The maximum absolute atomic E-state index is 9.86. The molecular weight excluding hydrogens is 561 g/mol. The molecule has 1 aliphatic heterocycles. The maximum atomic E-state index is 9.86. The molecule has 0 aliphatic carbocycles. The Morgan fingerprint density at radius 1 is 0.786 bits per heavy atom. The molecule has 2 unspecified atom stereocenters. The third-order valence-electron chi connectivity index (χ3n) is 4.73. The second kappa shape index (κ2) is 26.9. The van der Waals surface area contributed by atoms with Gasteiger partial charge in [0.05, 0.1) is 13.2 Å². The van der Waals surface area contributed by atoms with Crippen LogP contribution in [0.5, 0.6) is 11.5 Å². The Kier molecular flexibility index (Phi) is 27.2. The Balaban J connectivity index is 0. The first-order valence-electron chi connectivity index (χ1n) is 15.9. The number of aliphatic hydroxyl groups excluding tert-OH is 1. The zero-order valence-electron chi connectivity index (χ0n) is 28.8. The second-order valence-corrected chi connectivity index (χ2v) is 20.5. The first kappa shape index (κ1) is 42.4. The van der Waals surface area contributed by atoms with Crippen molar-refractivity contribution in [2.45, 2.75) is 112 Å². The molecule has 0 saturated carbocycles. The van der Waals surface area contributed by atoms with E-state index in [-0.39, 0.29) is 6.61 Å². The number of hydrogen-bond acceptors (Lipinski definition) is 6. The summed E-state index contributed by atoms with van der Waals surface area (Å²) in [5, 5.41) is 9.86. The molecule has 0 amide bonds. The standard InChI is InChI=1S/C17H32O4Si2.C9H10O2.2C3H8.C2H6/c1-22(2,3)21-23(4,5)13-9-12-19-14-16(18)15-20-17-10-7-6-8-11-17;1-2-4-8(5-3-1)10-6-9-7-11-9;2*1-3-2;1-2/h6-8,10-11,16,18H,9,12-15H2,1-5H3;1-5,9H,6-7H2;2*3H2,1-2H3;1-2H3. The molecule has 0 bridgehead atoms. The van der Waals surface area contributed by atoms with Crippen LogP contribution in [0.4, 0.5) is 0 Å². The third kappa shape index (κ3) is 29.8. The zero-order valence-corrected chi connectivity index (χ0v) is 30.8. The van der Waals surface area contributed by atoms with Crippen LogP contribution in [-0.4, -0.2) is 67.0 Å². The van der Waals surface area contributed by atoms with Gasteiger partial charge in [-0.25, -0.2) is 0 Å². The summed E-state index contributed by atoms with van der Waals surface area (Å²) in [6.45, 7) is 26.5. The molecule has 0 radical (unpaired) electrons. The third-order valence-corrected chi connectivity index (χ3v) is 10.9. The second-order valence-electron chi connectivity index (χ2n) is 11.4. The summed E-state index contributed by atoms with van der Waals surface area (Å²) >= 11 is 0. The highest BCUT2D eigenvalue weighted by Crippen LogP contribution is 2.19. The van der Waals surface area contributed by atoms with Crippen LogP contribution >= 0.6 is 0 Å². The SMILES string of the molecule is CC.CCC.CCC.C[Si](C)(C)O[Si](C)(C)CCCOCC(O)COc1ccccc1.c1ccc(OCC2CO2)cc1. The lowest BCUT2D eigenvalue weighted by atomic mass is 10.3. The minimum atomic E-state index is -1.58. The molecule has 2 atom stereocenters. The topological polar surface area (TPSA) is 69.7 Å². The summed E-state index contributed by atoms with van der Waals surface area (Å²) < 4.78 is 27.8. The first-order valence-corrected chi connectivity index (χ1v) is 22.4. The molecule has 42 heavy (non-hydrogen) atoms. The van der Waals surface area contributed by atoms with Crippen molar-refractivity contribution in [1.29, 1.82) is 0 Å². The van der Waals surface area contributed by atoms with Crippen LogP contribution in [0.3, 0.4) is 0 Å². The molecule has 2 aromatic rings. The van der Waals surface area contributed by atoms with Crippen LogP contribution in [0.2, 0.25) is 38.8 Å². The number of para-hydroxylation sites is 2. The molecule has 1 N–H and O–H groups in total. The van der Waals surface area contributed by atoms with E-state index in [0.717, 1.165) is 30.6 Å². The fourth-order valence-corrected chi connectivity index (χ4v) is 11.4. The van der Waals surface area contributed by atoms with Crippen molar-refractivity contribution in [2.24, 2.45) is 0 Å². The number of aliphatic hydroxyl groups is 1. The largest absolute Gasteiger partial charge is 0.491 e. The first-order chi connectivity index (χ1) is 20.0. The molecule has 8 heteroatoms. The lowest BCUT2D eigenvalue weighted by Crippen LogP contribution is -2.42. The Hall–Kier alpha value is -1.69. The van der Waals surface area contributed by atoms with Crippen LogP contribution in [-0.2, 0) is 13.6 Å². The van der Waals surface area contributed by atoms with Crippen molar-refractivity contribution >= 4 is 16.6 Å². The van der Waals surface area contributed by atoms with E-state index in [1.807, 2.05) is 74.5 Å². The van der Waals surface area contributed by atoms with Gasteiger partial charge < -0.3 is 28.2 Å².